The Hall–Kier alpha value is -1.82. The summed E-state index contributed by atoms with van der Waals surface area (Å²) in [6.07, 6.45) is 28.0. The number of aryl methyl sites for hydroxylation is 1. The van der Waals surface area contributed by atoms with Gasteiger partial charge in [0, 0.05) is 0 Å². The lowest BCUT2D eigenvalue weighted by Crippen LogP contribution is -2.02. The van der Waals surface area contributed by atoms with Crippen LogP contribution >= 0.6 is 0 Å². The average molecular weight is 375 g/mol. The monoisotopic (exact) mass is 374 g/mol. The van der Waals surface area contributed by atoms with Crippen LogP contribution in [0.3, 0.4) is 0 Å². The van der Waals surface area contributed by atoms with Gasteiger partial charge in [-0.2, -0.15) is 0 Å². The van der Waals surface area contributed by atoms with Crippen molar-refractivity contribution in [1.82, 2.24) is 0 Å². The zero-order chi connectivity index (χ0) is 19.6. The van der Waals surface area contributed by atoms with Crippen molar-refractivity contribution in [2.75, 3.05) is 0 Å². The Balaban J connectivity index is 1.98. The van der Waals surface area contributed by atoms with Gasteiger partial charge in [-0.15, -0.1) is 0 Å². The van der Waals surface area contributed by atoms with E-state index in [4.69, 9.17) is 0 Å². The van der Waals surface area contributed by atoms with Crippen LogP contribution in [-0.2, 0) is 0 Å². The predicted octanol–water partition coefficient (Wildman–Crippen LogP) is 8.60. The molecule has 150 valence electrons. The Morgan fingerprint density at radius 1 is 0.821 bits per heavy atom. The van der Waals surface area contributed by atoms with Crippen molar-refractivity contribution in [3.8, 4) is 0 Å². The van der Waals surface area contributed by atoms with Crippen molar-refractivity contribution < 1.29 is 0 Å². The summed E-state index contributed by atoms with van der Waals surface area (Å²) in [6.45, 7) is 4.46. The van der Waals surface area contributed by atoms with Crippen LogP contribution in [0.25, 0.3) is 5.57 Å². The van der Waals surface area contributed by atoms with Crippen LogP contribution in [0.1, 0.15) is 82.3 Å². The van der Waals surface area contributed by atoms with Gasteiger partial charge in [-0.3, -0.25) is 0 Å². The molecule has 0 amide bonds. The largest absolute Gasteiger partial charge is 0.0842 e. The Labute approximate surface area is 173 Å². The Morgan fingerprint density at radius 3 is 2.07 bits per heavy atom. The molecule has 28 heavy (non-hydrogen) atoms. The Morgan fingerprint density at radius 2 is 1.43 bits per heavy atom. The van der Waals surface area contributed by atoms with Crippen LogP contribution in [0.4, 0.5) is 0 Å². The molecule has 0 unspecified atom stereocenters. The highest BCUT2D eigenvalue weighted by molar-refractivity contribution is 5.82. The number of hydrogen-bond acceptors (Lipinski definition) is 0. The van der Waals surface area contributed by atoms with E-state index < -0.39 is 0 Å². The first kappa shape index (κ1) is 20.9. The molecule has 0 aromatic heterocycles. The van der Waals surface area contributed by atoms with Crippen molar-refractivity contribution in [3.05, 3.63) is 77.4 Å². The molecule has 0 heteroatoms. The highest BCUT2D eigenvalue weighted by Gasteiger charge is 2.14. The molecule has 0 aliphatic heterocycles. The second-order valence-corrected chi connectivity index (χ2v) is 8.66. The third-order valence-electron chi connectivity index (χ3n) is 6.41. The molecule has 0 radical (unpaired) electrons. The summed E-state index contributed by atoms with van der Waals surface area (Å²) in [5.41, 5.74) is 5.50. The van der Waals surface area contributed by atoms with Gasteiger partial charge in [0.15, 0.2) is 0 Å². The first-order chi connectivity index (χ1) is 13.8. The summed E-state index contributed by atoms with van der Waals surface area (Å²) in [5.74, 6) is 1.52. The van der Waals surface area contributed by atoms with E-state index in [9.17, 15) is 0 Å². The minimum absolute atomic E-state index is 0.760. The number of allylic oxidation sites excluding steroid dienone is 8. The van der Waals surface area contributed by atoms with Gasteiger partial charge in [0.05, 0.1) is 0 Å². The van der Waals surface area contributed by atoms with E-state index in [1.54, 1.807) is 0 Å². The maximum atomic E-state index is 2.50. The van der Waals surface area contributed by atoms with Crippen molar-refractivity contribution in [3.63, 3.8) is 0 Å². The summed E-state index contributed by atoms with van der Waals surface area (Å²) in [5, 5.41) is 0. The van der Waals surface area contributed by atoms with E-state index >= 15 is 0 Å². The van der Waals surface area contributed by atoms with E-state index in [0.29, 0.717) is 0 Å². The molecule has 2 aliphatic rings. The zero-order valence-electron chi connectivity index (χ0n) is 18.0. The van der Waals surface area contributed by atoms with E-state index in [2.05, 4.69) is 74.6 Å². The van der Waals surface area contributed by atoms with E-state index in [-0.39, 0.29) is 0 Å². The Bertz CT molecular complexity index is 716. The molecule has 0 atom stereocenters. The minimum atomic E-state index is 0.760. The van der Waals surface area contributed by atoms with Crippen LogP contribution in [-0.4, -0.2) is 0 Å². The standard InChI is InChI=1S/C28H38/c1-3-4-17-26(21-19-24-13-6-5-7-14-24)28(22-20-25-15-9-10-16-25)27-18-11-8-12-23(27)2/h4,8,11-12,17-22,24-25H,3,5-7,9-10,13-16H2,1-2H3. The van der Waals surface area contributed by atoms with E-state index in [1.807, 2.05) is 0 Å². The zero-order valence-corrected chi connectivity index (χ0v) is 18.0. The quantitative estimate of drug-likeness (QED) is 0.419. The van der Waals surface area contributed by atoms with Gasteiger partial charge >= 0.3 is 0 Å². The van der Waals surface area contributed by atoms with Crippen LogP contribution < -0.4 is 0 Å². The summed E-state index contributed by atoms with van der Waals surface area (Å²) in [7, 11) is 0. The van der Waals surface area contributed by atoms with Gasteiger partial charge in [0.25, 0.3) is 0 Å². The first-order valence-electron chi connectivity index (χ1n) is 11.6. The molecule has 0 nitrogen and oxygen atoms in total. The molecule has 3 rings (SSSR count). The molecule has 0 heterocycles. The van der Waals surface area contributed by atoms with Crippen LogP contribution in [0.5, 0.6) is 0 Å². The van der Waals surface area contributed by atoms with Gasteiger partial charge in [-0.25, -0.2) is 0 Å². The fourth-order valence-corrected chi connectivity index (χ4v) is 4.65. The minimum Gasteiger partial charge on any atom is -0.0842 e. The third kappa shape index (κ3) is 6.09. The highest BCUT2D eigenvalue weighted by Crippen LogP contribution is 2.31. The first-order valence-corrected chi connectivity index (χ1v) is 11.6. The molecular formula is C28H38. The smallest absolute Gasteiger partial charge is 0.0112 e. The normalized spacial score (nSPS) is 20.6. The van der Waals surface area contributed by atoms with E-state index in [1.165, 1.54) is 80.1 Å². The van der Waals surface area contributed by atoms with Crippen LogP contribution in [0, 0.1) is 18.8 Å². The van der Waals surface area contributed by atoms with Gasteiger partial charge in [-0.1, -0.05) is 99.7 Å². The summed E-state index contributed by atoms with van der Waals surface area (Å²) >= 11 is 0. The van der Waals surface area contributed by atoms with Crippen LogP contribution in [0.2, 0.25) is 0 Å². The molecule has 0 saturated heterocycles. The maximum absolute atomic E-state index is 2.50. The topological polar surface area (TPSA) is 0 Å². The molecule has 0 bridgehead atoms. The van der Waals surface area contributed by atoms with Gasteiger partial charge in [0.2, 0.25) is 0 Å². The molecular weight excluding hydrogens is 336 g/mol. The lowest BCUT2D eigenvalue weighted by molar-refractivity contribution is 0.419. The van der Waals surface area contributed by atoms with E-state index in [0.717, 1.165) is 18.3 Å². The summed E-state index contributed by atoms with van der Waals surface area (Å²) in [6, 6.07) is 8.86. The number of benzene rings is 1. The molecule has 0 spiro atoms. The fraction of sp³-hybridized carbons (Fsp3) is 0.500. The average Bonchev–Trinajstić information content (AvgIpc) is 3.25. The molecule has 2 saturated carbocycles. The van der Waals surface area contributed by atoms with Crippen LogP contribution in [0.15, 0.2) is 66.3 Å². The van der Waals surface area contributed by atoms with Crippen molar-refractivity contribution >= 4 is 5.57 Å². The Kier molecular flexibility index (Phi) is 8.40. The van der Waals surface area contributed by atoms with Gasteiger partial charge in [-0.05, 0) is 73.1 Å². The lowest BCUT2D eigenvalue weighted by atomic mass is 9.87. The van der Waals surface area contributed by atoms with Crippen molar-refractivity contribution in [2.24, 2.45) is 11.8 Å². The summed E-state index contributed by atoms with van der Waals surface area (Å²) < 4.78 is 0. The highest BCUT2D eigenvalue weighted by atomic mass is 14.2. The molecule has 2 fully saturated rings. The van der Waals surface area contributed by atoms with Crippen molar-refractivity contribution in [2.45, 2.75) is 78.1 Å². The SMILES string of the molecule is CCC=CC(C=CC1CCCCC1)=C(C=CC1CCCC1)c1ccccc1C. The number of rotatable bonds is 7. The number of hydrogen-bond donors (Lipinski definition) is 0. The van der Waals surface area contributed by atoms with Gasteiger partial charge in [0.1, 0.15) is 0 Å². The van der Waals surface area contributed by atoms with Gasteiger partial charge < -0.3 is 0 Å². The molecule has 1 aromatic carbocycles. The molecule has 0 N–H and O–H groups in total. The molecule has 1 aromatic rings. The summed E-state index contributed by atoms with van der Waals surface area (Å²) in [4.78, 5) is 0. The predicted molar refractivity (Wildman–Crippen MR) is 124 cm³/mol. The third-order valence-corrected chi connectivity index (χ3v) is 6.41. The second kappa shape index (κ2) is 11.2. The molecule has 2 aliphatic carbocycles. The van der Waals surface area contributed by atoms with Crippen molar-refractivity contribution in [1.29, 1.82) is 0 Å². The fourth-order valence-electron chi connectivity index (χ4n) is 4.65. The second-order valence-electron chi connectivity index (χ2n) is 8.66. The maximum Gasteiger partial charge on any atom is -0.0112 e. The lowest BCUT2D eigenvalue weighted by Gasteiger charge is -2.18.